The molecule has 0 spiro atoms. The van der Waals surface area contributed by atoms with Crippen molar-refractivity contribution >= 4 is 0 Å². The van der Waals surface area contributed by atoms with Crippen molar-refractivity contribution in [3.8, 4) is 0 Å². The highest BCUT2D eigenvalue weighted by Crippen LogP contribution is 2.10. The number of nitrogens with zero attached hydrogens (tertiary/aromatic N) is 1. The molecule has 0 saturated carbocycles. The number of rotatable bonds is 7. The van der Waals surface area contributed by atoms with Gasteiger partial charge in [-0.3, -0.25) is 4.90 Å². The van der Waals surface area contributed by atoms with Crippen LogP contribution in [0.25, 0.3) is 0 Å². The predicted molar refractivity (Wildman–Crippen MR) is 60.6 cm³/mol. The third-order valence-electron chi connectivity index (χ3n) is 2.79. The summed E-state index contributed by atoms with van der Waals surface area (Å²) in [4.78, 5) is 2.29. The third kappa shape index (κ3) is 4.76. The van der Waals surface area contributed by atoms with Crippen LogP contribution < -0.4 is 0 Å². The third-order valence-corrected chi connectivity index (χ3v) is 2.79. The lowest BCUT2D eigenvalue weighted by molar-refractivity contribution is -0.0836. The second kappa shape index (κ2) is 7.97. The fourth-order valence-corrected chi connectivity index (χ4v) is 1.72. The largest absolute Gasteiger partial charge is 0.394 e. The van der Waals surface area contributed by atoms with E-state index < -0.39 is 0 Å². The molecule has 0 aromatic carbocycles. The van der Waals surface area contributed by atoms with E-state index in [4.69, 9.17) is 19.3 Å². The maximum absolute atomic E-state index is 9.04. The Balaban J connectivity index is 2.13. The van der Waals surface area contributed by atoms with Crippen molar-refractivity contribution in [3.63, 3.8) is 0 Å². The summed E-state index contributed by atoms with van der Waals surface area (Å²) in [5.41, 5.74) is 0. The molecule has 1 N–H and O–H groups in total. The van der Waals surface area contributed by atoms with Crippen molar-refractivity contribution in [2.45, 2.75) is 19.1 Å². The maximum Gasteiger partial charge on any atom is 0.0933 e. The van der Waals surface area contributed by atoms with Crippen LogP contribution >= 0.6 is 0 Å². The Labute approximate surface area is 97.3 Å². The Morgan fingerprint density at radius 1 is 1.38 bits per heavy atom. The molecule has 1 rings (SSSR count). The molecule has 0 aromatic heterocycles. The molecule has 16 heavy (non-hydrogen) atoms. The Hall–Kier alpha value is -0.200. The van der Waals surface area contributed by atoms with Crippen LogP contribution in [-0.4, -0.2) is 75.4 Å². The van der Waals surface area contributed by atoms with Crippen LogP contribution in [0.3, 0.4) is 0 Å². The van der Waals surface area contributed by atoms with E-state index in [2.05, 4.69) is 11.8 Å². The van der Waals surface area contributed by atoms with Gasteiger partial charge in [0.15, 0.2) is 0 Å². The normalized spacial score (nSPS) is 27.2. The monoisotopic (exact) mass is 233 g/mol. The van der Waals surface area contributed by atoms with Crippen LogP contribution in [0.4, 0.5) is 0 Å². The summed E-state index contributed by atoms with van der Waals surface area (Å²) in [7, 11) is 1.67. The van der Waals surface area contributed by atoms with Gasteiger partial charge in [-0.2, -0.15) is 0 Å². The van der Waals surface area contributed by atoms with Crippen LogP contribution in [0.2, 0.25) is 0 Å². The molecule has 96 valence electrons. The predicted octanol–water partition coefficient (Wildman–Crippen LogP) is -0.269. The molecule has 5 heteroatoms. The van der Waals surface area contributed by atoms with Crippen LogP contribution in [0, 0.1) is 0 Å². The van der Waals surface area contributed by atoms with Gasteiger partial charge in [-0.1, -0.05) is 0 Å². The smallest absolute Gasteiger partial charge is 0.0933 e. The number of aliphatic hydroxyl groups excluding tert-OH is 1. The van der Waals surface area contributed by atoms with Gasteiger partial charge in [0.25, 0.3) is 0 Å². The van der Waals surface area contributed by atoms with Crippen molar-refractivity contribution in [2.24, 2.45) is 0 Å². The molecule has 0 bridgehead atoms. The molecule has 0 aromatic rings. The summed E-state index contributed by atoms with van der Waals surface area (Å²) in [5.74, 6) is 0. The average molecular weight is 233 g/mol. The molecule has 0 amide bonds. The minimum atomic E-state index is -0.0461. The van der Waals surface area contributed by atoms with E-state index in [0.717, 1.165) is 13.1 Å². The van der Waals surface area contributed by atoms with E-state index >= 15 is 0 Å². The van der Waals surface area contributed by atoms with Crippen LogP contribution in [0.1, 0.15) is 6.92 Å². The molecule has 1 saturated heterocycles. The van der Waals surface area contributed by atoms with Gasteiger partial charge in [0.05, 0.1) is 39.1 Å². The Morgan fingerprint density at radius 2 is 2.19 bits per heavy atom. The molecule has 1 aliphatic rings. The standard InChI is InChI=1S/C11H23NO4/c1-10-9-16-11(8-13)7-12(10)3-4-15-6-5-14-2/h10-11,13H,3-9H2,1-2H3. The van der Waals surface area contributed by atoms with Crippen molar-refractivity contribution < 1.29 is 19.3 Å². The first-order valence-electron chi connectivity index (χ1n) is 5.81. The van der Waals surface area contributed by atoms with Gasteiger partial charge in [-0.25, -0.2) is 0 Å². The lowest BCUT2D eigenvalue weighted by atomic mass is 10.2. The number of ether oxygens (including phenoxy) is 3. The quantitative estimate of drug-likeness (QED) is 0.614. The Morgan fingerprint density at radius 3 is 2.88 bits per heavy atom. The SMILES string of the molecule is COCCOCCN1CC(CO)OCC1C. The van der Waals surface area contributed by atoms with Gasteiger partial charge in [0.1, 0.15) is 0 Å². The first kappa shape index (κ1) is 13.9. The summed E-state index contributed by atoms with van der Waals surface area (Å²) < 4.78 is 15.8. The van der Waals surface area contributed by atoms with E-state index in [0.29, 0.717) is 32.5 Å². The zero-order valence-electron chi connectivity index (χ0n) is 10.2. The number of hydrogen-bond donors (Lipinski definition) is 1. The molecule has 1 aliphatic heterocycles. The summed E-state index contributed by atoms with van der Waals surface area (Å²) >= 11 is 0. The Bertz CT molecular complexity index is 179. The zero-order chi connectivity index (χ0) is 11.8. The van der Waals surface area contributed by atoms with Crippen molar-refractivity contribution in [3.05, 3.63) is 0 Å². The lowest BCUT2D eigenvalue weighted by Gasteiger charge is -2.37. The van der Waals surface area contributed by atoms with Crippen LogP contribution in [-0.2, 0) is 14.2 Å². The fraction of sp³-hybridized carbons (Fsp3) is 1.00. The van der Waals surface area contributed by atoms with E-state index in [1.807, 2.05) is 0 Å². The zero-order valence-corrected chi connectivity index (χ0v) is 10.2. The molecule has 2 unspecified atom stereocenters. The van der Waals surface area contributed by atoms with Gasteiger partial charge in [-0.15, -0.1) is 0 Å². The van der Waals surface area contributed by atoms with E-state index in [1.54, 1.807) is 7.11 Å². The van der Waals surface area contributed by atoms with Gasteiger partial charge >= 0.3 is 0 Å². The molecule has 2 atom stereocenters. The van der Waals surface area contributed by atoms with Crippen LogP contribution in [0.5, 0.6) is 0 Å². The number of morpholine rings is 1. The molecule has 0 aliphatic carbocycles. The second-order valence-electron chi connectivity index (χ2n) is 4.09. The van der Waals surface area contributed by atoms with Gasteiger partial charge < -0.3 is 19.3 Å². The second-order valence-corrected chi connectivity index (χ2v) is 4.09. The van der Waals surface area contributed by atoms with E-state index in [9.17, 15) is 0 Å². The lowest BCUT2D eigenvalue weighted by Crippen LogP contribution is -2.50. The summed E-state index contributed by atoms with van der Waals surface area (Å²) in [6, 6.07) is 0.397. The van der Waals surface area contributed by atoms with Crippen molar-refractivity contribution in [1.82, 2.24) is 4.90 Å². The number of aliphatic hydroxyl groups is 1. The molecule has 5 nitrogen and oxygen atoms in total. The highest BCUT2D eigenvalue weighted by Gasteiger charge is 2.24. The van der Waals surface area contributed by atoms with E-state index in [1.165, 1.54) is 0 Å². The molecular weight excluding hydrogens is 210 g/mol. The topological polar surface area (TPSA) is 51.2 Å². The minimum absolute atomic E-state index is 0.0461. The van der Waals surface area contributed by atoms with Gasteiger partial charge in [0, 0.05) is 26.2 Å². The van der Waals surface area contributed by atoms with Gasteiger partial charge in [-0.05, 0) is 6.92 Å². The molecule has 1 heterocycles. The first-order chi connectivity index (χ1) is 7.77. The highest BCUT2D eigenvalue weighted by atomic mass is 16.5. The van der Waals surface area contributed by atoms with Gasteiger partial charge in [0.2, 0.25) is 0 Å². The van der Waals surface area contributed by atoms with Crippen LogP contribution in [0.15, 0.2) is 0 Å². The summed E-state index contributed by atoms with van der Waals surface area (Å²) in [6.45, 7) is 6.54. The molecule has 1 fully saturated rings. The molecular formula is C11H23NO4. The van der Waals surface area contributed by atoms with Crippen molar-refractivity contribution in [2.75, 3.05) is 53.2 Å². The maximum atomic E-state index is 9.04. The summed E-state index contributed by atoms with van der Waals surface area (Å²) in [5, 5.41) is 9.04. The van der Waals surface area contributed by atoms with Crippen molar-refractivity contribution in [1.29, 1.82) is 0 Å². The molecule has 0 radical (unpaired) electrons. The Kier molecular flexibility index (Phi) is 6.91. The number of methoxy groups -OCH3 is 1. The average Bonchev–Trinajstić information content (AvgIpc) is 2.31. The van der Waals surface area contributed by atoms with E-state index in [-0.39, 0.29) is 12.7 Å². The summed E-state index contributed by atoms with van der Waals surface area (Å²) in [6.07, 6.45) is -0.0461. The fourth-order valence-electron chi connectivity index (χ4n) is 1.72. The first-order valence-corrected chi connectivity index (χ1v) is 5.81. The number of hydrogen-bond acceptors (Lipinski definition) is 5. The minimum Gasteiger partial charge on any atom is -0.394 e. The highest BCUT2D eigenvalue weighted by molar-refractivity contribution is 4.76.